The van der Waals surface area contributed by atoms with Crippen LogP contribution in [0.5, 0.6) is 0 Å². The SMILES string of the molecule is NCCc1ccc(N2CCCC3CCCC32)c(Cl)c1. The van der Waals surface area contributed by atoms with Crippen LogP contribution in [0.15, 0.2) is 18.2 Å². The molecule has 1 saturated heterocycles. The first-order chi connectivity index (χ1) is 9.29. The van der Waals surface area contributed by atoms with Gasteiger partial charge >= 0.3 is 0 Å². The first-order valence-electron chi connectivity index (χ1n) is 7.54. The van der Waals surface area contributed by atoms with Crippen molar-refractivity contribution < 1.29 is 0 Å². The maximum atomic E-state index is 6.51. The van der Waals surface area contributed by atoms with Crippen LogP contribution >= 0.6 is 11.6 Å². The Hall–Kier alpha value is -0.730. The number of nitrogens with zero attached hydrogens (tertiary/aromatic N) is 1. The molecule has 1 aromatic rings. The zero-order chi connectivity index (χ0) is 13.2. The number of piperidine rings is 1. The Bertz CT molecular complexity index is 446. The molecule has 104 valence electrons. The number of hydrogen-bond donors (Lipinski definition) is 1. The van der Waals surface area contributed by atoms with Gasteiger partial charge < -0.3 is 10.6 Å². The van der Waals surface area contributed by atoms with Crippen LogP contribution in [-0.2, 0) is 6.42 Å². The minimum atomic E-state index is 0.685. The Morgan fingerprint density at radius 2 is 2.05 bits per heavy atom. The van der Waals surface area contributed by atoms with E-state index in [1.165, 1.54) is 43.4 Å². The maximum Gasteiger partial charge on any atom is 0.0642 e. The van der Waals surface area contributed by atoms with Gasteiger partial charge in [-0.25, -0.2) is 0 Å². The fourth-order valence-corrected chi connectivity index (χ4v) is 4.17. The highest BCUT2D eigenvalue weighted by atomic mass is 35.5. The molecule has 1 aromatic carbocycles. The molecule has 0 bridgehead atoms. The van der Waals surface area contributed by atoms with Gasteiger partial charge in [-0.3, -0.25) is 0 Å². The molecule has 3 heteroatoms. The molecule has 2 atom stereocenters. The topological polar surface area (TPSA) is 29.3 Å². The van der Waals surface area contributed by atoms with Gasteiger partial charge in [0.1, 0.15) is 0 Å². The maximum absolute atomic E-state index is 6.51. The Morgan fingerprint density at radius 3 is 2.84 bits per heavy atom. The summed E-state index contributed by atoms with van der Waals surface area (Å²) in [7, 11) is 0. The molecular formula is C16H23ClN2. The second kappa shape index (κ2) is 5.72. The van der Waals surface area contributed by atoms with Crippen molar-refractivity contribution in [3.05, 3.63) is 28.8 Å². The molecule has 2 fully saturated rings. The van der Waals surface area contributed by atoms with Gasteiger partial charge in [-0.15, -0.1) is 0 Å². The zero-order valence-electron chi connectivity index (χ0n) is 11.4. The van der Waals surface area contributed by atoms with E-state index in [9.17, 15) is 0 Å². The number of anilines is 1. The standard InChI is InChI=1S/C16H23ClN2/c17-14-11-12(8-9-18)6-7-16(14)19-10-2-4-13-3-1-5-15(13)19/h6-7,11,13,15H,1-5,8-10,18H2. The van der Waals surface area contributed by atoms with Crippen LogP contribution in [0.2, 0.25) is 5.02 Å². The first-order valence-corrected chi connectivity index (χ1v) is 7.92. The average Bonchev–Trinajstić information content (AvgIpc) is 2.88. The second-order valence-electron chi connectivity index (χ2n) is 5.92. The molecule has 19 heavy (non-hydrogen) atoms. The summed E-state index contributed by atoms with van der Waals surface area (Å²) in [6, 6.07) is 7.22. The smallest absolute Gasteiger partial charge is 0.0642 e. The van der Waals surface area contributed by atoms with Crippen molar-refractivity contribution in [2.75, 3.05) is 18.0 Å². The zero-order valence-corrected chi connectivity index (χ0v) is 12.2. The summed E-state index contributed by atoms with van der Waals surface area (Å²) < 4.78 is 0. The van der Waals surface area contributed by atoms with Gasteiger partial charge in [0.2, 0.25) is 0 Å². The van der Waals surface area contributed by atoms with Crippen molar-refractivity contribution in [3.8, 4) is 0 Å². The summed E-state index contributed by atoms with van der Waals surface area (Å²) in [5.74, 6) is 0.897. The molecule has 2 nitrogen and oxygen atoms in total. The van der Waals surface area contributed by atoms with E-state index in [1.54, 1.807) is 0 Å². The lowest BCUT2D eigenvalue weighted by atomic mass is 9.91. The molecule has 1 saturated carbocycles. The molecule has 2 N–H and O–H groups in total. The highest BCUT2D eigenvalue weighted by molar-refractivity contribution is 6.33. The van der Waals surface area contributed by atoms with Gasteiger partial charge in [-0.1, -0.05) is 24.1 Å². The van der Waals surface area contributed by atoms with E-state index in [2.05, 4.69) is 23.1 Å². The van der Waals surface area contributed by atoms with Gasteiger partial charge in [-0.2, -0.15) is 0 Å². The monoisotopic (exact) mass is 278 g/mol. The average molecular weight is 279 g/mol. The Kier molecular flexibility index (Phi) is 3.99. The summed E-state index contributed by atoms with van der Waals surface area (Å²) >= 11 is 6.51. The third kappa shape index (κ3) is 2.61. The van der Waals surface area contributed by atoms with Crippen LogP contribution in [0, 0.1) is 5.92 Å². The van der Waals surface area contributed by atoms with E-state index in [1.807, 2.05) is 0 Å². The molecule has 1 heterocycles. The van der Waals surface area contributed by atoms with Crippen molar-refractivity contribution in [1.82, 2.24) is 0 Å². The quantitative estimate of drug-likeness (QED) is 0.915. The molecular weight excluding hydrogens is 256 g/mol. The lowest BCUT2D eigenvalue weighted by Crippen LogP contribution is -2.42. The van der Waals surface area contributed by atoms with Gasteiger partial charge in [0.15, 0.2) is 0 Å². The Balaban J connectivity index is 1.84. The van der Waals surface area contributed by atoms with Crippen LogP contribution in [0.25, 0.3) is 0 Å². The number of hydrogen-bond acceptors (Lipinski definition) is 2. The van der Waals surface area contributed by atoms with Gasteiger partial charge in [0.25, 0.3) is 0 Å². The van der Waals surface area contributed by atoms with Crippen molar-refractivity contribution >= 4 is 17.3 Å². The van der Waals surface area contributed by atoms with Crippen LogP contribution < -0.4 is 10.6 Å². The predicted molar refractivity (Wildman–Crippen MR) is 81.9 cm³/mol. The van der Waals surface area contributed by atoms with Gasteiger partial charge in [0.05, 0.1) is 10.7 Å². The Labute approximate surface area is 120 Å². The van der Waals surface area contributed by atoms with E-state index in [4.69, 9.17) is 17.3 Å². The largest absolute Gasteiger partial charge is 0.367 e. The Morgan fingerprint density at radius 1 is 1.21 bits per heavy atom. The number of nitrogens with two attached hydrogens (primary N) is 1. The fourth-order valence-electron chi connectivity index (χ4n) is 3.86. The van der Waals surface area contributed by atoms with Crippen LogP contribution in [0.3, 0.4) is 0 Å². The highest BCUT2D eigenvalue weighted by Gasteiger charge is 2.35. The normalized spacial score (nSPS) is 26.5. The molecule has 1 aliphatic heterocycles. The fraction of sp³-hybridized carbons (Fsp3) is 0.625. The molecule has 3 rings (SSSR count). The summed E-state index contributed by atoms with van der Waals surface area (Å²) in [5.41, 5.74) is 8.09. The van der Waals surface area contributed by atoms with Crippen molar-refractivity contribution in [1.29, 1.82) is 0 Å². The van der Waals surface area contributed by atoms with E-state index >= 15 is 0 Å². The molecule has 2 unspecified atom stereocenters. The third-order valence-electron chi connectivity index (χ3n) is 4.75. The van der Waals surface area contributed by atoms with E-state index < -0.39 is 0 Å². The lowest BCUT2D eigenvalue weighted by Gasteiger charge is -2.40. The predicted octanol–water partition coefficient (Wildman–Crippen LogP) is 3.61. The molecule has 0 aromatic heterocycles. The molecule has 0 spiro atoms. The molecule has 2 aliphatic rings. The van der Waals surface area contributed by atoms with E-state index in [0.717, 1.165) is 29.9 Å². The first kappa shape index (κ1) is 13.3. The number of fused-ring (bicyclic) bond motifs is 1. The summed E-state index contributed by atoms with van der Waals surface area (Å²) in [5, 5.41) is 0.901. The molecule has 1 aliphatic carbocycles. The third-order valence-corrected chi connectivity index (χ3v) is 5.05. The van der Waals surface area contributed by atoms with Crippen molar-refractivity contribution in [3.63, 3.8) is 0 Å². The molecule has 0 radical (unpaired) electrons. The number of halogens is 1. The van der Waals surface area contributed by atoms with Crippen LogP contribution in [0.4, 0.5) is 5.69 Å². The van der Waals surface area contributed by atoms with Crippen molar-refractivity contribution in [2.45, 2.75) is 44.6 Å². The second-order valence-corrected chi connectivity index (χ2v) is 6.33. The highest BCUT2D eigenvalue weighted by Crippen LogP contribution is 2.41. The molecule has 0 amide bonds. The van der Waals surface area contributed by atoms with Crippen molar-refractivity contribution in [2.24, 2.45) is 11.7 Å². The summed E-state index contributed by atoms with van der Waals surface area (Å²) in [6.45, 7) is 1.85. The summed E-state index contributed by atoms with van der Waals surface area (Å²) in [4.78, 5) is 2.57. The minimum Gasteiger partial charge on any atom is -0.367 e. The minimum absolute atomic E-state index is 0.685. The lowest BCUT2D eigenvalue weighted by molar-refractivity contribution is 0.362. The van der Waals surface area contributed by atoms with Crippen LogP contribution in [0.1, 0.15) is 37.7 Å². The number of rotatable bonds is 3. The van der Waals surface area contributed by atoms with E-state index in [0.29, 0.717) is 6.54 Å². The van der Waals surface area contributed by atoms with E-state index in [-0.39, 0.29) is 0 Å². The van der Waals surface area contributed by atoms with Gasteiger partial charge in [-0.05, 0) is 62.3 Å². The van der Waals surface area contributed by atoms with Gasteiger partial charge in [0, 0.05) is 12.6 Å². The number of benzene rings is 1. The van der Waals surface area contributed by atoms with Crippen LogP contribution in [-0.4, -0.2) is 19.1 Å². The summed E-state index contributed by atoms with van der Waals surface area (Å²) in [6.07, 6.45) is 7.75.